The standard InChI is InChI=1S/C13H12FN3O5/c1-6-11(17-5-7(14)2-3-9(17)15-6)12(20)16-8(13(21)22)4-10(18)19/h2-3,5,8H,4H2,1H3,(H,16,20)(H,18,19)(H,21,22). The van der Waals surface area contributed by atoms with Crippen LogP contribution in [-0.2, 0) is 9.59 Å². The molecule has 1 atom stereocenters. The van der Waals surface area contributed by atoms with Gasteiger partial charge in [0.25, 0.3) is 5.91 Å². The van der Waals surface area contributed by atoms with E-state index in [-0.39, 0.29) is 11.4 Å². The molecule has 3 N–H and O–H groups in total. The van der Waals surface area contributed by atoms with Gasteiger partial charge in [-0.05, 0) is 19.1 Å². The molecule has 0 spiro atoms. The highest BCUT2D eigenvalue weighted by atomic mass is 19.1. The summed E-state index contributed by atoms with van der Waals surface area (Å²) in [6.07, 6.45) is 0.266. The summed E-state index contributed by atoms with van der Waals surface area (Å²) in [5.74, 6) is -4.29. The van der Waals surface area contributed by atoms with Crippen LogP contribution < -0.4 is 5.32 Å². The smallest absolute Gasteiger partial charge is 0.326 e. The molecule has 0 radical (unpaired) electrons. The minimum atomic E-state index is -1.59. The van der Waals surface area contributed by atoms with E-state index < -0.39 is 36.1 Å². The highest BCUT2D eigenvalue weighted by Gasteiger charge is 2.26. The molecular formula is C13H12FN3O5. The van der Waals surface area contributed by atoms with Gasteiger partial charge in [0.1, 0.15) is 23.2 Å². The van der Waals surface area contributed by atoms with Gasteiger partial charge in [-0.1, -0.05) is 0 Å². The molecule has 2 aromatic heterocycles. The normalized spacial score (nSPS) is 12.1. The molecule has 2 aromatic rings. The quantitative estimate of drug-likeness (QED) is 0.737. The molecule has 0 fully saturated rings. The van der Waals surface area contributed by atoms with Crippen LogP contribution in [0.15, 0.2) is 18.3 Å². The number of aliphatic carboxylic acids is 2. The van der Waals surface area contributed by atoms with E-state index in [4.69, 9.17) is 10.2 Å². The Hall–Kier alpha value is -2.97. The Morgan fingerprint density at radius 2 is 2.05 bits per heavy atom. The maximum absolute atomic E-state index is 13.3. The number of carboxylic acid groups (broad SMARTS) is 2. The minimum absolute atomic E-state index is 0.0499. The van der Waals surface area contributed by atoms with Crippen molar-refractivity contribution in [3.05, 3.63) is 35.5 Å². The molecule has 8 nitrogen and oxygen atoms in total. The molecule has 0 aliphatic rings. The summed E-state index contributed by atoms with van der Waals surface area (Å²) in [7, 11) is 0. The first-order valence-electron chi connectivity index (χ1n) is 6.19. The summed E-state index contributed by atoms with van der Waals surface area (Å²) < 4.78 is 14.5. The molecule has 0 aliphatic heterocycles. The number of rotatable bonds is 5. The summed E-state index contributed by atoms with van der Waals surface area (Å²) in [4.78, 5) is 37.9. The first-order chi connectivity index (χ1) is 10.3. The summed E-state index contributed by atoms with van der Waals surface area (Å²) in [6, 6.07) is 0.947. The number of carbonyl (C=O) groups excluding carboxylic acids is 1. The largest absolute Gasteiger partial charge is 0.481 e. The Bertz CT molecular complexity index is 770. The molecule has 0 bridgehead atoms. The molecule has 22 heavy (non-hydrogen) atoms. The highest BCUT2D eigenvalue weighted by Crippen LogP contribution is 2.13. The maximum atomic E-state index is 13.3. The zero-order chi connectivity index (χ0) is 16.4. The Labute approximate surface area is 123 Å². The van der Waals surface area contributed by atoms with Gasteiger partial charge in [0.2, 0.25) is 0 Å². The van der Waals surface area contributed by atoms with Crippen LogP contribution in [0.3, 0.4) is 0 Å². The first-order valence-corrected chi connectivity index (χ1v) is 6.19. The predicted octanol–water partition coefficient (Wildman–Crippen LogP) is 0.440. The third-order valence-electron chi connectivity index (χ3n) is 2.95. The molecule has 0 saturated heterocycles. The number of amides is 1. The lowest BCUT2D eigenvalue weighted by Crippen LogP contribution is -2.42. The zero-order valence-corrected chi connectivity index (χ0v) is 11.4. The van der Waals surface area contributed by atoms with Crippen molar-refractivity contribution >= 4 is 23.5 Å². The average Bonchev–Trinajstić information content (AvgIpc) is 2.72. The summed E-state index contributed by atoms with van der Waals surface area (Å²) in [5.41, 5.74) is 0.530. The monoisotopic (exact) mass is 309 g/mol. The molecule has 1 amide bonds. The fraction of sp³-hybridized carbons (Fsp3) is 0.231. The minimum Gasteiger partial charge on any atom is -0.481 e. The van der Waals surface area contributed by atoms with Crippen LogP contribution in [0, 0.1) is 12.7 Å². The Morgan fingerprint density at radius 1 is 1.36 bits per heavy atom. The van der Waals surface area contributed by atoms with Crippen molar-refractivity contribution in [3.8, 4) is 0 Å². The van der Waals surface area contributed by atoms with E-state index in [1.54, 1.807) is 0 Å². The van der Waals surface area contributed by atoms with E-state index in [0.717, 1.165) is 6.20 Å². The van der Waals surface area contributed by atoms with Gasteiger partial charge in [-0.2, -0.15) is 0 Å². The summed E-state index contributed by atoms with van der Waals surface area (Å²) in [6.45, 7) is 1.51. The Balaban J connectivity index is 2.36. The van der Waals surface area contributed by atoms with Gasteiger partial charge in [0.15, 0.2) is 0 Å². The van der Waals surface area contributed by atoms with Crippen molar-refractivity contribution < 1.29 is 29.0 Å². The number of hydrogen-bond donors (Lipinski definition) is 3. The van der Waals surface area contributed by atoms with E-state index >= 15 is 0 Å². The van der Waals surface area contributed by atoms with Gasteiger partial charge < -0.3 is 15.5 Å². The van der Waals surface area contributed by atoms with Crippen molar-refractivity contribution in [2.24, 2.45) is 0 Å². The van der Waals surface area contributed by atoms with E-state index in [1.165, 1.54) is 23.5 Å². The number of hydrogen-bond acceptors (Lipinski definition) is 4. The zero-order valence-electron chi connectivity index (χ0n) is 11.4. The predicted molar refractivity (Wildman–Crippen MR) is 71.0 cm³/mol. The molecule has 1 unspecified atom stereocenters. The van der Waals surface area contributed by atoms with E-state index in [1.807, 2.05) is 0 Å². The molecule has 116 valence electrons. The number of aryl methyl sites for hydroxylation is 1. The summed E-state index contributed by atoms with van der Waals surface area (Å²) in [5, 5.41) is 19.7. The number of nitrogens with one attached hydrogen (secondary N) is 1. The molecule has 0 aromatic carbocycles. The van der Waals surface area contributed by atoms with E-state index in [2.05, 4.69) is 10.3 Å². The number of pyridine rings is 1. The maximum Gasteiger partial charge on any atom is 0.326 e. The second-order valence-corrected chi connectivity index (χ2v) is 4.58. The van der Waals surface area contributed by atoms with Crippen LogP contribution in [0.5, 0.6) is 0 Å². The van der Waals surface area contributed by atoms with Gasteiger partial charge in [0, 0.05) is 6.20 Å². The van der Waals surface area contributed by atoms with Crippen LogP contribution in [0.2, 0.25) is 0 Å². The number of carbonyl (C=O) groups is 3. The lowest BCUT2D eigenvalue weighted by molar-refractivity contribution is -0.145. The fourth-order valence-corrected chi connectivity index (χ4v) is 2.01. The number of halogens is 1. The number of fused-ring (bicyclic) bond motifs is 1. The van der Waals surface area contributed by atoms with Crippen molar-refractivity contribution in [3.63, 3.8) is 0 Å². The van der Waals surface area contributed by atoms with Crippen molar-refractivity contribution in [1.82, 2.24) is 14.7 Å². The number of imidazole rings is 1. The lowest BCUT2D eigenvalue weighted by atomic mass is 10.2. The topological polar surface area (TPSA) is 121 Å². The highest BCUT2D eigenvalue weighted by molar-refractivity contribution is 5.97. The average molecular weight is 309 g/mol. The van der Waals surface area contributed by atoms with Crippen LogP contribution in [0.25, 0.3) is 5.65 Å². The Kier molecular flexibility index (Phi) is 4.06. The Morgan fingerprint density at radius 3 is 2.64 bits per heavy atom. The van der Waals surface area contributed by atoms with E-state index in [9.17, 15) is 18.8 Å². The van der Waals surface area contributed by atoms with E-state index in [0.29, 0.717) is 5.65 Å². The number of nitrogens with zero attached hydrogens (tertiary/aromatic N) is 2. The summed E-state index contributed by atoms with van der Waals surface area (Å²) >= 11 is 0. The third-order valence-corrected chi connectivity index (χ3v) is 2.95. The van der Waals surface area contributed by atoms with Crippen LogP contribution >= 0.6 is 0 Å². The van der Waals surface area contributed by atoms with Gasteiger partial charge in [-0.15, -0.1) is 0 Å². The SMILES string of the molecule is Cc1nc2ccc(F)cn2c1C(=O)NC(CC(=O)O)C(=O)O. The molecular weight excluding hydrogens is 297 g/mol. The second kappa shape index (κ2) is 5.80. The molecule has 0 saturated carbocycles. The second-order valence-electron chi connectivity index (χ2n) is 4.58. The molecule has 2 rings (SSSR count). The van der Waals surface area contributed by atoms with Crippen LogP contribution in [-0.4, -0.2) is 43.5 Å². The first kappa shape index (κ1) is 15.4. The van der Waals surface area contributed by atoms with Gasteiger partial charge in [0.05, 0.1) is 12.1 Å². The number of aromatic nitrogens is 2. The lowest BCUT2D eigenvalue weighted by Gasteiger charge is -2.12. The fourth-order valence-electron chi connectivity index (χ4n) is 2.01. The van der Waals surface area contributed by atoms with Gasteiger partial charge >= 0.3 is 11.9 Å². The van der Waals surface area contributed by atoms with Crippen molar-refractivity contribution in [2.45, 2.75) is 19.4 Å². The number of carboxylic acids is 2. The van der Waals surface area contributed by atoms with Crippen LogP contribution in [0.1, 0.15) is 22.6 Å². The van der Waals surface area contributed by atoms with Gasteiger partial charge in [-0.3, -0.25) is 14.0 Å². The third kappa shape index (κ3) is 3.03. The van der Waals surface area contributed by atoms with Crippen molar-refractivity contribution in [2.75, 3.05) is 0 Å². The molecule has 0 aliphatic carbocycles. The molecule has 9 heteroatoms. The molecule has 2 heterocycles. The van der Waals surface area contributed by atoms with Gasteiger partial charge in [-0.25, -0.2) is 14.2 Å². The van der Waals surface area contributed by atoms with Crippen LogP contribution in [0.4, 0.5) is 4.39 Å². The van der Waals surface area contributed by atoms with Crippen molar-refractivity contribution in [1.29, 1.82) is 0 Å².